The minimum atomic E-state index is -5.23. The van der Waals surface area contributed by atoms with E-state index in [1.54, 1.807) is 6.07 Å². The van der Waals surface area contributed by atoms with Gasteiger partial charge in [-0.3, -0.25) is 9.78 Å². The van der Waals surface area contributed by atoms with Gasteiger partial charge in [-0.05, 0) is 50.1 Å². The van der Waals surface area contributed by atoms with Crippen molar-refractivity contribution in [3.8, 4) is 35.0 Å². The summed E-state index contributed by atoms with van der Waals surface area (Å²) in [4.78, 5) is 21.6. The number of ether oxygens (including phenoxy) is 1. The summed E-state index contributed by atoms with van der Waals surface area (Å²) in [6, 6.07) is 10.7. The second kappa shape index (κ2) is 9.99. The molecular formula is C30H26FN3O5S. The van der Waals surface area contributed by atoms with Crippen molar-refractivity contribution < 1.29 is 21.2 Å². The van der Waals surface area contributed by atoms with Gasteiger partial charge in [-0.1, -0.05) is 35.1 Å². The van der Waals surface area contributed by atoms with Crippen LogP contribution in [-0.2, 0) is 10.5 Å². The van der Waals surface area contributed by atoms with Gasteiger partial charge >= 0.3 is 10.5 Å². The summed E-state index contributed by atoms with van der Waals surface area (Å²) in [6.45, 7) is 2.15. The molecule has 0 atom stereocenters. The van der Waals surface area contributed by atoms with Crippen molar-refractivity contribution >= 4 is 43.3 Å². The van der Waals surface area contributed by atoms with Crippen LogP contribution in [0.25, 0.3) is 44.0 Å². The second-order valence-electron chi connectivity index (χ2n) is 9.93. The zero-order chi connectivity index (χ0) is 28.0. The van der Waals surface area contributed by atoms with Gasteiger partial charge in [-0.25, -0.2) is 0 Å². The zero-order valence-electron chi connectivity index (χ0n) is 21.7. The topological polar surface area (TPSA) is 103 Å². The molecule has 0 saturated heterocycles. The average Bonchev–Trinajstić information content (AvgIpc) is 3.31. The van der Waals surface area contributed by atoms with Gasteiger partial charge in [0.1, 0.15) is 11.4 Å². The number of rotatable bonds is 6. The molecule has 1 aliphatic carbocycles. The normalized spacial score (nSPS) is 14.5. The first kappa shape index (κ1) is 25.9. The van der Waals surface area contributed by atoms with Crippen LogP contribution >= 0.6 is 0 Å². The Labute approximate surface area is 230 Å². The Hall–Kier alpha value is -4.36. The van der Waals surface area contributed by atoms with Crippen molar-refractivity contribution in [2.24, 2.45) is 0 Å². The molecule has 0 unspecified atom stereocenters. The first-order valence-corrected chi connectivity index (χ1v) is 14.4. The molecule has 2 aromatic carbocycles. The number of aromatic amines is 1. The molecule has 3 aromatic heterocycles. The lowest BCUT2D eigenvalue weighted by Gasteiger charge is -2.27. The fraction of sp³-hybridized carbons (Fsp3) is 0.267. The number of benzene rings is 2. The molecule has 204 valence electrons. The Bertz CT molecular complexity index is 2000. The smallest absolute Gasteiger partial charge is 0.488 e. The molecule has 0 bridgehead atoms. The van der Waals surface area contributed by atoms with Gasteiger partial charge in [-0.15, -0.1) is 6.42 Å². The number of nitrogens with zero attached hydrogens (tertiary/aromatic N) is 2. The highest BCUT2D eigenvalue weighted by Crippen LogP contribution is 2.40. The third-order valence-corrected chi connectivity index (χ3v) is 7.87. The quantitative estimate of drug-likeness (QED) is 0.197. The number of terminal acetylenes is 1. The molecule has 1 saturated carbocycles. The van der Waals surface area contributed by atoms with Crippen molar-refractivity contribution in [1.82, 2.24) is 14.5 Å². The van der Waals surface area contributed by atoms with Crippen LogP contribution in [0.15, 0.2) is 53.6 Å². The van der Waals surface area contributed by atoms with Crippen LogP contribution in [0.3, 0.4) is 0 Å². The number of aromatic nitrogens is 3. The van der Waals surface area contributed by atoms with E-state index >= 15 is 0 Å². The molecule has 0 radical (unpaired) electrons. The van der Waals surface area contributed by atoms with Gasteiger partial charge in [-0.2, -0.15) is 8.42 Å². The van der Waals surface area contributed by atoms with E-state index in [4.69, 9.17) is 11.2 Å². The van der Waals surface area contributed by atoms with Crippen molar-refractivity contribution in [1.29, 1.82) is 0 Å². The van der Waals surface area contributed by atoms with Crippen molar-refractivity contribution in [2.75, 3.05) is 6.61 Å². The first-order chi connectivity index (χ1) is 19.3. The summed E-state index contributed by atoms with van der Waals surface area (Å²) in [5.74, 6) is 2.80. The predicted molar refractivity (Wildman–Crippen MR) is 153 cm³/mol. The Kier molecular flexibility index (Phi) is 6.47. The first-order valence-electron chi connectivity index (χ1n) is 13.1. The Balaban J connectivity index is 1.70. The molecular weight excluding hydrogens is 533 g/mol. The third kappa shape index (κ3) is 4.56. The summed E-state index contributed by atoms with van der Waals surface area (Å²) >= 11 is 0. The van der Waals surface area contributed by atoms with Crippen LogP contribution in [0.2, 0.25) is 0 Å². The molecule has 6 rings (SSSR count). The van der Waals surface area contributed by atoms with Crippen LogP contribution < -0.4 is 14.3 Å². The number of H-pyrrole nitrogens is 1. The van der Waals surface area contributed by atoms with Crippen molar-refractivity contribution in [2.45, 2.75) is 45.1 Å². The lowest BCUT2D eigenvalue weighted by molar-refractivity contribution is 0.342. The van der Waals surface area contributed by atoms with E-state index in [-0.39, 0.29) is 17.2 Å². The predicted octanol–water partition coefficient (Wildman–Crippen LogP) is 6.18. The molecule has 5 aromatic rings. The van der Waals surface area contributed by atoms with E-state index in [0.717, 1.165) is 54.9 Å². The van der Waals surface area contributed by atoms with Crippen LogP contribution in [0, 0.1) is 12.3 Å². The van der Waals surface area contributed by atoms with E-state index in [2.05, 4.69) is 24.6 Å². The third-order valence-electron chi connectivity index (χ3n) is 7.48. The minimum absolute atomic E-state index is 0.136. The zero-order valence-corrected chi connectivity index (χ0v) is 22.6. The lowest BCUT2D eigenvalue weighted by Crippen LogP contribution is -2.18. The maximum atomic E-state index is 14.1. The largest absolute Gasteiger partial charge is 0.493 e. The molecule has 8 nitrogen and oxygen atoms in total. The van der Waals surface area contributed by atoms with E-state index in [1.165, 1.54) is 12.3 Å². The van der Waals surface area contributed by atoms with Gasteiger partial charge in [0.25, 0.3) is 0 Å². The number of nitrogens with one attached hydrogen (secondary N) is 1. The number of fused-ring (bicyclic) bond motifs is 4. The number of hydrogen-bond donors (Lipinski definition) is 1. The highest BCUT2D eigenvalue weighted by atomic mass is 32.3. The van der Waals surface area contributed by atoms with Gasteiger partial charge < -0.3 is 18.5 Å². The Morgan fingerprint density at radius 3 is 2.65 bits per heavy atom. The number of hydrogen-bond acceptors (Lipinski definition) is 6. The molecule has 0 amide bonds. The van der Waals surface area contributed by atoms with E-state index < -0.39 is 10.5 Å². The highest BCUT2D eigenvalue weighted by molar-refractivity contribution is 7.81. The van der Waals surface area contributed by atoms with Gasteiger partial charge in [0.05, 0.1) is 29.1 Å². The van der Waals surface area contributed by atoms with E-state index in [9.17, 15) is 17.1 Å². The van der Waals surface area contributed by atoms with E-state index in [1.807, 2.05) is 31.2 Å². The van der Waals surface area contributed by atoms with Gasteiger partial charge in [0.15, 0.2) is 11.2 Å². The molecule has 0 spiro atoms. The standard InChI is InChI=1S/C30H26FN3O5S/c1-3-18-10-11-22-25(12-18)33-30-28(22)29(35)24-15-27(38-4-2)23(14-26(24)34(30)20-8-6-5-7-9-20)19-13-21(17-32-16-19)39-40(31,36)37/h1,10-17,20,33H,4-9H2,2H3. The lowest BCUT2D eigenvalue weighted by atomic mass is 9.94. The van der Waals surface area contributed by atoms with Crippen LogP contribution in [0.4, 0.5) is 3.89 Å². The number of pyridine rings is 2. The molecule has 3 heterocycles. The fourth-order valence-corrected chi connectivity index (χ4v) is 6.15. The summed E-state index contributed by atoms with van der Waals surface area (Å²) in [5, 5.41) is 1.89. The summed E-state index contributed by atoms with van der Waals surface area (Å²) in [7, 11) is -5.23. The van der Waals surface area contributed by atoms with Gasteiger partial charge in [0.2, 0.25) is 0 Å². The van der Waals surface area contributed by atoms with Gasteiger partial charge in [0, 0.05) is 39.8 Å². The molecule has 0 aliphatic heterocycles. The maximum absolute atomic E-state index is 14.1. The fourth-order valence-electron chi connectivity index (χ4n) is 5.83. The summed E-state index contributed by atoms with van der Waals surface area (Å²) < 4.78 is 48.0. The molecule has 1 aliphatic rings. The van der Waals surface area contributed by atoms with Crippen LogP contribution in [0.1, 0.15) is 50.6 Å². The summed E-state index contributed by atoms with van der Waals surface area (Å²) in [5.41, 5.74) is 3.81. The van der Waals surface area contributed by atoms with Crippen LogP contribution in [0.5, 0.6) is 11.5 Å². The minimum Gasteiger partial charge on any atom is -0.493 e. The number of halogens is 1. The maximum Gasteiger partial charge on any atom is 0.488 e. The molecule has 1 N–H and O–H groups in total. The Morgan fingerprint density at radius 1 is 1.12 bits per heavy atom. The molecule has 1 fully saturated rings. The monoisotopic (exact) mass is 559 g/mol. The van der Waals surface area contributed by atoms with Crippen molar-refractivity contribution in [3.05, 3.63) is 64.6 Å². The second-order valence-corrected chi connectivity index (χ2v) is 10.9. The SMILES string of the molecule is C#Cc1ccc2c(c1)[nH]c1c2c(=O)c2cc(OCC)c(-c3cncc(OS(=O)(=O)F)c3)cc2n1C1CCCCC1. The Morgan fingerprint density at radius 2 is 1.93 bits per heavy atom. The van der Waals surface area contributed by atoms with E-state index in [0.29, 0.717) is 45.3 Å². The van der Waals surface area contributed by atoms with Crippen LogP contribution in [-0.4, -0.2) is 29.6 Å². The van der Waals surface area contributed by atoms with Crippen molar-refractivity contribution in [3.63, 3.8) is 0 Å². The molecule has 40 heavy (non-hydrogen) atoms. The molecule has 10 heteroatoms. The highest BCUT2D eigenvalue weighted by Gasteiger charge is 2.25. The average molecular weight is 560 g/mol. The summed E-state index contributed by atoms with van der Waals surface area (Å²) in [6.07, 6.45) is 13.5.